The van der Waals surface area contributed by atoms with E-state index < -0.39 is 79.3 Å². The minimum atomic E-state index is -1.36. The molecule has 3 heterocycles. The van der Waals surface area contributed by atoms with E-state index in [0.717, 1.165) is 11.7 Å². The minimum Gasteiger partial charge on any atom is -0.456 e. The van der Waals surface area contributed by atoms with E-state index in [0.29, 0.717) is 54.4 Å². The fraction of sp³-hybridized carbons (Fsp3) is 0.525. The first kappa shape index (κ1) is 44.7. The Morgan fingerprint density at radius 2 is 1.31 bits per heavy atom. The van der Waals surface area contributed by atoms with E-state index in [1.165, 1.54) is 24.0 Å². The van der Waals surface area contributed by atoms with Gasteiger partial charge in [0.1, 0.15) is 29.2 Å². The van der Waals surface area contributed by atoms with Gasteiger partial charge in [-0.1, -0.05) is 58.0 Å². The Kier molecular flexibility index (Phi) is 15.2. The number of methoxy groups -OCH3 is 2. The van der Waals surface area contributed by atoms with E-state index >= 15 is 0 Å². The molecule has 3 amide bonds. The van der Waals surface area contributed by atoms with Crippen molar-refractivity contribution in [2.45, 2.75) is 84.0 Å². The first-order valence-corrected chi connectivity index (χ1v) is 20.1. The van der Waals surface area contributed by atoms with Crippen molar-refractivity contribution >= 4 is 64.2 Å². The topological polar surface area (TPSA) is 233 Å². The normalized spacial score (nSPS) is 18.1. The highest BCUT2D eigenvalue weighted by Crippen LogP contribution is 2.31. The third kappa shape index (κ3) is 10.4. The van der Waals surface area contributed by atoms with Gasteiger partial charge >= 0.3 is 18.0 Å². The number of amides is 3. The molecule has 0 bridgehead atoms. The second-order valence-corrected chi connectivity index (χ2v) is 15.5. The number of nitrogens with one attached hydrogen (secondary N) is 2. The number of alkyl carbamates (subject to hydrolysis) is 1. The van der Waals surface area contributed by atoms with Crippen LogP contribution in [0.25, 0.3) is 22.2 Å². The van der Waals surface area contributed by atoms with Crippen molar-refractivity contribution in [3.05, 3.63) is 47.5 Å². The Morgan fingerprint density at radius 3 is 1.85 bits per heavy atom. The average molecular weight is 839 g/mol. The molecule has 2 fully saturated rings. The zero-order chi connectivity index (χ0) is 43.0. The van der Waals surface area contributed by atoms with Gasteiger partial charge in [0.05, 0.1) is 30.4 Å². The summed E-state index contributed by atoms with van der Waals surface area (Å²) in [5.74, 6) is -3.73. The number of ether oxygens (including phenoxy) is 4. The second-order valence-electron chi connectivity index (χ2n) is 15.0. The summed E-state index contributed by atoms with van der Waals surface area (Å²) in [5, 5.41) is 15.1. The molecule has 0 aliphatic carbocycles. The van der Waals surface area contributed by atoms with Gasteiger partial charge in [0.25, 0.3) is 0 Å². The van der Waals surface area contributed by atoms with Gasteiger partial charge in [-0.25, -0.2) is 14.4 Å². The standard InChI is InChI=1S/C40H50N6O12S/c1-21(2)31(41-39(53)55-5)35(49)45-17-7-9-27(45)37(51)57-19-29(47)24-13-11-23(12-14-24)25-15-16-26(34-33(25)43-59-44-34)30(48)20-58-38(52)28-10-8-18-46(28)36(50)32(22(3)4)42-40(54)56-6/h11-16,21-22,27-28,31-32,39,41,53H,7-10,17-20H2,1-6H3,(H,42,54)/t27-,28-,31-,32-,39?/m0/s1. The van der Waals surface area contributed by atoms with Crippen LogP contribution in [0, 0.1) is 11.8 Å². The zero-order valence-corrected chi connectivity index (χ0v) is 34.6. The molecule has 5 rings (SSSR count). The summed E-state index contributed by atoms with van der Waals surface area (Å²) in [5.41, 5.74) is 2.49. The SMILES string of the molecule is COC(=O)N[C@H](C(=O)N1CCC[C@H]1C(=O)OCC(=O)c1ccc(-c2ccc(C(=O)COC(=O)[C@@H]3CCCN3C(=O)[C@@H](NC(O)OC)C(C)C)cc2)c2nsnc12)C(C)C. The Labute approximate surface area is 345 Å². The predicted molar refractivity (Wildman–Crippen MR) is 212 cm³/mol. The quantitative estimate of drug-likeness (QED) is 0.0768. The molecule has 0 saturated carbocycles. The summed E-state index contributed by atoms with van der Waals surface area (Å²) in [6.45, 7) is 6.61. The Balaban J connectivity index is 1.18. The molecule has 0 radical (unpaired) electrons. The van der Waals surface area contributed by atoms with Crippen LogP contribution >= 0.6 is 11.7 Å². The average Bonchev–Trinajstić information content (AvgIpc) is 4.04. The first-order chi connectivity index (χ1) is 28.2. The van der Waals surface area contributed by atoms with Crippen molar-refractivity contribution in [2.75, 3.05) is 40.5 Å². The van der Waals surface area contributed by atoms with Crippen LogP contribution in [-0.2, 0) is 38.1 Å². The lowest BCUT2D eigenvalue weighted by Gasteiger charge is -2.31. The summed E-state index contributed by atoms with van der Waals surface area (Å²) in [7, 11) is 2.48. The van der Waals surface area contributed by atoms with Crippen molar-refractivity contribution in [3.8, 4) is 11.1 Å². The number of aliphatic hydroxyl groups excluding tert-OH is 1. The number of ketones is 2. The number of esters is 2. The first-order valence-electron chi connectivity index (χ1n) is 19.3. The molecule has 3 aromatic rings. The van der Waals surface area contributed by atoms with Crippen LogP contribution in [-0.4, -0.2) is 136 Å². The molecule has 2 saturated heterocycles. The molecule has 318 valence electrons. The third-order valence-corrected chi connectivity index (χ3v) is 10.9. The van der Waals surface area contributed by atoms with Gasteiger partial charge in [0, 0.05) is 31.3 Å². The van der Waals surface area contributed by atoms with Crippen LogP contribution in [0.15, 0.2) is 36.4 Å². The van der Waals surface area contributed by atoms with Gasteiger partial charge in [0.15, 0.2) is 19.0 Å². The van der Waals surface area contributed by atoms with Crippen LogP contribution in [0.2, 0.25) is 0 Å². The lowest BCUT2D eigenvalue weighted by Crippen LogP contribution is -2.55. The van der Waals surface area contributed by atoms with Crippen molar-refractivity contribution in [1.82, 2.24) is 29.2 Å². The summed E-state index contributed by atoms with van der Waals surface area (Å²) in [6, 6.07) is 6.26. The number of aromatic nitrogens is 2. The number of carbonyl (C=O) groups excluding carboxylic acids is 7. The fourth-order valence-corrected chi connectivity index (χ4v) is 7.74. The maximum atomic E-state index is 13.4. The molecular formula is C40H50N6O12S. The number of hydrogen-bond donors (Lipinski definition) is 3. The van der Waals surface area contributed by atoms with Crippen LogP contribution in [0.1, 0.15) is 74.1 Å². The molecule has 3 N–H and O–H groups in total. The van der Waals surface area contributed by atoms with Gasteiger partial charge in [-0.2, -0.15) is 8.75 Å². The van der Waals surface area contributed by atoms with Crippen LogP contribution < -0.4 is 10.6 Å². The summed E-state index contributed by atoms with van der Waals surface area (Å²) in [4.78, 5) is 94.0. The summed E-state index contributed by atoms with van der Waals surface area (Å²) in [6.07, 6.45) is -0.295. The van der Waals surface area contributed by atoms with Gasteiger partial charge < -0.3 is 39.2 Å². The smallest absolute Gasteiger partial charge is 0.407 e. The molecule has 2 aliphatic heterocycles. The third-order valence-electron chi connectivity index (χ3n) is 10.4. The summed E-state index contributed by atoms with van der Waals surface area (Å²) < 4.78 is 29.0. The Morgan fingerprint density at radius 1 is 0.763 bits per heavy atom. The van der Waals surface area contributed by atoms with Crippen LogP contribution in [0.5, 0.6) is 0 Å². The molecule has 2 aromatic carbocycles. The molecule has 59 heavy (non-hydrogen) atoms. The van der Waals surface area contributed by atoms with Crippen LogP contribution in [0.4, 0.5) is 4.79 Å². The van der Waals surface area contributed by atoms with Crippen molar-refractivity contribution < 1.29 is 57.6 Å². The highest BCUT2D eigenvalue weighted by Gasteiger charge is 2.41. The number of rotatable bonds is 17. The number of likely N-dealkylation sites (tertiary alicyclic amines) is 2. The number of aliphatic hydroxyl groups is 1. The largest absolute Gasteiger partial charge is 0.456 e. The molecule has 1 unspecified atom stereocenters. The molecule has 19 heteroatoms. The minimum absolute atomic E-state index is 0.187. The highest BCUT2D eigenvalue weighted by molar-refractivity contribution is 7.00. The second kappa shape index (κ2) is 20.1. The number of carbonyl (C=O) groups is 7. The number of hydrogen-bond acceptors (Lipinski definition) is 16. The monoisotopic (exact) mass is 838 g/mol. The van der Waals surface area contributed by atoms with Gasteiger partial charge in [-0.3, -0.25) is 24.5 Å². The van der Waals surface area contributed by atoms with E-state index in [2.05, 4.69) is 24.1 Å². The molecule has 5 atom stereocenters. The van der Waals surface area contributed by atoms with Crippen LogP contribution in [0.3, 0.4) is 0 Å². The molecule has 0 spiro atoms. The maximum Gasteiger partial charge on any atom is 0.407 e. The van der Waals surface area contributed by atoms with E-state index in [9.17, 15) is 38.7 Å². The molecular weight excluding hydrogens is 789 g/mol. The van der Waals surface area contributed by atoms with Gasteiger partial charge in [-0.15, -0.1) is 0 Å². The maximum absolute atomic E-state index is 13.4. The lowest BCUT2D eigenvalue weighted by molar-refractivity contribution is -0.156. The van der Waals surface area contributed by atoms with Gasteiger partial charge in [0.2, 0.25) is 24.0 Å². The number of nitrogens with zero attached hydrogens (tertiary/aromatic N) is 4. The van der Waals surface area contributed by atoms with E-state index in [1.807, 2.05) is 0 Å². The van der Waals surface area contributed by atoms with Crippen molar-refractivity contribution in [2.24, 2.45) is 11.8 Å². The van der Waals surface area contributed by atoms with E-state index in [-0.39, 0.29) is 35.4 Å². The number of Topliss-reactive ketones (excluding diaryl/α,β-unsaturated/α-hetero) is 2. The number of benzene rings is 2. The van der Waals surface area contributed by atoms with Crippen molar-refractivity contribution in [3.63, 3.8) is 0 Å². The van der Waals surface area contributed by atoms with Gasteiger partial charge in [-0.05, 0) is 49.1 Å². The Hall–Kier alpha value is -5.37. The fourth-order valence-electron chi connectivity index (χ4n) is 7.17. The Bertz CT molecular complexity index is 2040. The predicted octanol–water partition coefficient (Wildman–Crippen LogP) is 2.71. The summed E-state index contributed by atoms with van der Waals surface area (Å²) >= 11 is 0.898. The molecule has 1 aromatic heterocycles. The molecule has 18 nitrogen and oxygen atoms in total. The highest BCUT2D eigenvalue weighted by atomic mass is 32.1. The lowest BCUT2D eigenvalue weighted by atomic mass is 9.98. The van der Waals surface area contributed by atoms with E-state index in [1.54, 1.807) is 64.1 Å². The zero-order valence-electron chi connectivity index (χ0n) is 33.8. The molecule has 2 aliphatic rings. The number of fused-ring (bicyclic) bond motifs is 1. The van der Waals surface area contributed by atoms with Crippen molar-refractivity contribution in [1.29, 1.82) is 0 Å². The van der Waals surface area contributed by atoms with E-state index in [4.69, 9.17) is 14.2 Å².